The van der Waals surface area contributed by atoms with Crippen molar-refractivity contribution in [1.29, 1.82) is 0 Å². The molecule has 1 N–H and O–H groups in total. The lowest BCUT2D eigenvalue weighted by Crippen LogP contribution is -2.41. The molecule has 2 heterocycles. The Labute approximate surface area is 204 Å². The van der Waals surface area contributed by atoms with E-state index in [1.165, 1.54) is 24.6 Å². The Morgan fingerprint density at radius 3 is 2.49 bits per heavy atom. The van der Waals surface area contributed by atoms with Gasteiger partial charge in [-0.2, -0.15) is 0 Å². The third-order valence-electron chi connectivity index (χ3n) is 5.03. The van der Waals surface area contributed by atoms with Gasteiger partial charge >= 0.3 is 6.09 Å². The Morgan fingerprint density at radius 1 is 1.09 bits per heavy atom. The zero-order chi connectivity index (χ0) is 25.0. The monoisotopic (exact) mass is 494 g/mol. The molecule has 4 rings (SSSR count). The highest BCUT2D eigenvalue weighted by atomic mass is 32.2. The van der Waals surface area contributed by atoms with E-state index in [1.54, 1.807) is 32.0 Å². The van der Waals surface area contributed by atoms with Gasteiger partial charge in [-0.15, -0.1) is 0 Å². The van der Waals surface area contributed by atoms with E-state index in [9.17, 15) is 13.4 Å². The van der Waals surface area contributed by atoms with Gasteiger partial charge in [0.2, 0.25) is 11.0 Å². The minimum absolute atomic E-state index is 0.109. The number of nitrogens with one attached hydrogen (secondary N) is 1. The smallest absolute Gasteiger partial charge is 0.408 e. The summed E-state index contributed by atoms with van der Waals surface area (Å²) in [4.78, 5) is 25.5. The Hall–Kier alpha value is -3.92. The molecule has 4 aromatic rings. The standard InChI is InChI=1S/C25H23FN4O4S/c1-25(2,30-24(31)33-15-16-7-5-4-6-8-16)22-29-20(17-9-11-18(26)12-10-17)21(34-22)19-13-14-27-23(28-19)35(3)32/h4-14H,15H2,1-3H3,(H,30,31). The molecule has 2 aromatic heterocycles. The third-order valence-corrected chi connectivity index (χ3v) is 5.74. The van der Waals surface area contributed by atoms with Gasteiger partial charge in [-0.25, -0.2) is 24.1 Å². The molecule has 0 spiro atoms. The van der Waals surface area contributed by atoms with E-state index in [2.05, 4.69) is 20.3 Å². The second kappa shape index (κ2) is 10.1. The molecular weight excluding hydrogens is 471 g/mol. The third kappa shape index (κ3) is 5.78. The Morgan fingerprint density at radius 2 is 1.80 bits per heavy atom. The molecule has 180 valence electrons. The minimum atomic E-state index is -1.41. The summed E-state index contributed by atoms with van der Waals surface area (Å²) >= 11 is 0. The fourth-order valence-electron chi connectivity index (χ4n) is 3.24. The summed E-state index contributed by atoms with van der Waals surface area (Å²) in [7, 11) is -1.41. The average Bonchev–Trinajstić information content (AvgIpc) is 3.30. The van der Waals surface area contributed by atoms with Crippen molar-refractivity contribution in [3.8, 4) is 22.7 Å². The Balaban J connectivity index is 1.66. The number of rotatable bonds is 7. The first kappa shape index (κ1) is 24.2. The normalized spacial score (nSPS) is 12.2. The fourth-order valence-corrected chi connectivity index (χ4v) is 3.67. The quantitative estimate of drug-likeness (QED) is 0.367. The largest absolute Gasteiger partial charge is 0.445 e. The van der Waals surface area contributed by atoms with Gasteiger partial charge in [-0.3, -0.25) is 4.21 Å². The predicted octanol–water partition coefficient (Wildman–Crippen LogP) is 4.84. The molecule has 0 radical (unpaired) electrons. The van der Waals surface area contributed by atoms with Gasteiger partial charge in [-0.05, 0) is 49.7 Å². The van der Waals surface area contributed by atoms with Crippen molar-refractivity contribution in [3.05, 3.63) is 84.1 Å². The van der Waals surface area contributed by atoms with Gasteiger partial charge in [0.25, 0.3) is 0 Å². The maximum Gasteiger partial charge on any atom is 0.408 e. The number of carbonyl (C=O) groups is 1. The first-order chi connectivity index (χ1) is 16.7. The second-order valence-corrected chi connectivity index (χ2v) is 9.47. The van der Waals surface area contributed by atoms with Gasteiger partial charge in [0, 0.05) is 18.0 Å². The van der Waals surface area contributed by atoms with E-state index in [0.717, 1.165) is 5.56 Å². The highest BCUT2D eigenvalue weighted by Gasteiger charge is 2.32. The zero-order valence-electron chi connectivity index (χ0n) is 19.3. The molecule has 2 aromatic carbocycles. The predicted molar refractivity (Wildman–Crippen MR) is 128 cm³/mol. The van der Waals surface area contributed by atoms with Crippen LogP contribution < -0.4 is 5.32 Å². The number of oxazole rings is 1. The lowest BCUT2D eigenvalue weighted by molar-refractivity contribution is 0.126. The van der Waals surface area contributed by atoms with Crippen LogP contribution >= 0.6 is 0 Å². The van der Waals surface area contributed by atoms with Crippen LogP contribution in [0.5, 0.6) is 0 Å². The lowest BCUT2D eigenvalue weighted by atomic mass is 10.1. The van der Waals surface area contributed by atoms with Gasteiger partial charge < -0.3 is 14.5 Å². The number of nitrogens with zero attached hydrogens (tertiary/aromatic N) is 3. The van der Waals surface area contributed by atoms with Crippen molar-refractivity contribution < 1.29 is 22.5 Å². The second-order valence-electron chi connectivity index (χ2n) is 8.19. The van der Waals surface area contributed by atoms with E-state index in [-0.39, 0.29) is 23.4 Å². The summed E-state index contributed by atoms with van der Waals surface area (Å²) in [5.41, 5.74) is 1.11. The van der Waals surface area contributed by atoms with Gasteiger partial charge in [0.15, 0.2) is 5.76 Å². The summed E-state index contributed by atoms with van der Waals surface area (Å²) in [6.45, 7) is 3.54. The summed E-state index contributed by atoms with van der Waals surface area (Å²) < 4.78 is 36.9. The molecule has 1 amide bonds. The number of alkyl carbamates (subject to hydrolysis) is 1. The van der Waals surface area contributed by atoms with Crippen molar-refractivity contribution in [2.24, 2.45) is 0 Å². The number of carbonyl (C=O) groups excluding carboxylic acids is 1. The van der Waals surface area contributed by atoms with Crippen LogP contribution in [0.15, 0.2) is 76.4 Å². The number of aromatic nitrogens is 3. The van der Waals surface area contributed by atoms with Crippen molar-refractivity contribution in [2.75, 3.05) is 6.26 Å². The molecule has 0 aliphatic heterocycles. The number of amides is 1. The van der Waals surface area contributed by atoms with Crippen LogP contribution in [-0.4, -0.2) is 31.5 Å². The highest BCUT2D eigenvalue weighted by molar-refractivity contribution is 7.84. The molecule has 0 bridgehead atoms. The van der Waals surface area contributed by atoms with Gasteiger partial charge in [0.1, 0.15) is 29.4 Å². The number of ether oxygens (including phenoxy) is 1. The Bertz CT molecular complexity index is 1360. The molecule has 0 aliphatic carbocycles. The van der Waals surface area contributed by atoms with E-state index in [0.29, 0.717) is 17.0 Å². The first-order valence-corrected chi connectivity index (χ1v) is 12.2. The number of halogens is 1. The molecule has 0 fully saturated rings. The van der Waals surface area contributed by atoms with Gasteiger partial charge in [0.05, 0.1) is 10.8 Å². The van der Waals surface area contributed by atoms with Crippen LogP contribution in [0.25, 0.3) is 22.7 Å². The summed E-state index contributed by atoms with van der Waals surface area (Å²) in [5.74, 6) is 0.0578. The fraction of sp³-hybridized carbons (Fsp3) is 0.200. The summed E-state index contributed by atoms with van der Waals surface area (Å²) in [6.07, 6.45) is 2.30. The van der Waals surface area contributed by atoms with Crippen LogP contribution in [0.3, 0.4) is 0 Å². The maximum absolute atomic E-state index is 13.5. The van der Waals surface area contributed by atoms with Crippen LogP contribution in [0.4, 0.5) is 9.18 Å². The van der Waals surface area contributed by atoms with Gasteiger partial charge in [-0.1, -0.05) is 30.3 Å². The van der Waals surface area contributed by atoms with Crippen LogP contribution in [0, 0.1) is 5.82 Å². The molecule has 0 saturated carbocycles. The number of benzene rings is 2. The number of hydrogen-bond donors (Lipinski definition) is 1. The molecule has 35 heavy (non-hydrogen) atoms. The minimum Gasteiger partial charge on any atom is -0.445 e. The molecule has 10 heteroatoms. The maximum atomic E-state index is 13.5. The highest BCUT2D eigenvalue weighted by Crippen LogP contribution is 2.35. The molecular formula is C25H23FN4O4S. The van der Waals surface area contributed by atoms with Crippen LogP contribution in [0.1, 0.15) is 25.3 Å². The average molecular weight is 495 g/mol. The summed E-state index contributed by atoms with van der Waals surface area (Å²) in [6, 6.07) is 16.7. The van der Waals surface area contributed by atoms with Crippen molar-refractivity contribution >= 4 is 16.9 Å². The SMILES string of the molecule is CS(=O)c1nccc(-c2oc(C(C)(C)NC(=O)OCc3ccccc3)nc2-c2ccc(F)cc2)n1. The molecule has 8 nitrogen and oxygen atoms in total. The molecule has 0 saturated heterocycles. The molecule has 1 unspecified atom stereocenters. The lowest BCUT2D eigenvalue weighted by Gasteiger charge is -2.22. The first-order valence-electron chi connectivity index (χ1n) is 10.7. The zero-order valence-corrected chi connectivity index (χ0v) is 20.1. The molecule has 0 aliphatic rings. The number of hydrogen-bond acceptors (Lipinski definition) is 7. The van der Waals surface area contributed by atoms with E-state index in [1.807, 2.05) is 30.3 Å². The topological polar surface area (TPSA) is 107 Å². The molecule has 1 atom stereocenters. The van der Waals surface area contributed by atoms with Crippen molar-refractivity contribution in [2.45, 2.75) is 31.1 Å². The van der Waals surface area contributed by atoms with Crippen molar-refractivity contribution in [3.63, 3.8) is 0 Å². The van der Waals surface area contributed by atoms with E-state index >= 15 is 0 Å². The van der Waals surface area contributed by atoms with Crippen LogP contribution in [0.2, 0.25) is 0 Å². The van der Waals surface area contributed by atoms with E-state index in [4.69, 9.17) is 9.15 Å². The van der Waals surface area contributed by atoms with Crippen molar-refractivity contribution in [1.82, 2.24) is 20.3 Å². The summed E-state index contributed by atoms with van der Waals surface area (Å²) in [5, 5.41) is 2.90. The van der Waals surface area contributed by atoms with E-state index < -0.39 is 28.2 Å². The Kier molecular flexibility index (Phi) is 7.02. The van der Waals surface area contributed by atoms with Crippen LogP contribution in [-0.2, 0) is 27.7 Å².